The van der Waals surface area contributed by atoms with Crippen LogP contribution in [0.3, 0.4) is 0 Å². The van der Waals surface area contributed by atoms with E-state index in [-0.39, 0.29) is 5.91 Å². The molecule has 0 atom stereocenters. The highest BCUT2D eigenvalue weighted by atomic mass is 16.5. The average molecular weight is 278 g/mol. The molecule has 0 aromatic heterocycles. The number of amides is 1. The van der Waals surface area contributed by atoms with Gasteiger partial charge in [0.2, 0.25) is 5.91 Å². The Morgan fingerprint density at radius 2 is 2.00 bits per heavy atom. The lowest BCUT2D eigenvalue weighted by Gasteiger charge is -2.13. The summed E-state index contributed by atoms with van der Waals surface area (Å²) in [6.07, 6.45) is 3.37. The highest BCUT2D eigenvalue weighted by Crippen LogP contribution is 2.24. The van der Waals surface area contributed by atoms with Gasteiger partial charge in [0.25, 0.3) is 0 Å². The molecular formula is C16H26N2O2. The van der Waals surface area contributed by atoms with Crippen LogP contribution < -0.4 is 15.8 Å². The van der Waals surface area contributed by atoms with Crippen molar-refractivity contribution in [1.29, 1.82) is 0 Å². The summed E-state index contributed by atoms with van der Waals surface area (Å²) in [5, 5.41) is 2.92. The summed E-state index contributed by atoms with van der Waals surface area (Å²) in [6.45, 7) is 5.52. The maximum absolute atomic E-state index is 11.9. The monoisotopic (exact) mass is 278 g/mol. The molecule has 0 saturated carbocycles. The minimum absolute atomic E-state index is 0.0302. The standard InChI is InChI=1S/C16H26N2O2/c1-13(2)12-20-15-9-6-5-8-14(15)18-16(19)10-4-3-7-11-17/h5-6,8-9,13H,3-4,7,10-12,17H2,1-2H3,(H,18,19). The van der Waals surface area contributed by atoms with Crippen molar-refractivity contribution >= 4 is 11.6 Å². The molecule has 4 heteroatoms. The fourth-order valence-corrected chi connectivity index (χ4v) is 1.77. The molecule has 1 aromatic carbocycles. The summed E-state index contributed by atoms with van der Waals surface area (Å²) in [5.74, 6) is 1.22. The van der Waals surface area contributed by atoms with Crippen LogP contribution in [0, 0.1) is 5.92 Å². The normalized spacial score (nSPS) is 10.6. The van der Waals surface area contributed by atoms with Gasteiger partial charge in [-0.3, -0.25) is 4.79 Å². The van der Waals surface area contributed by atoms with Gasteiger partial charge in [0.05, 0.1) is 12.3 Å². The van der Waals surface area contributed by atoms with Crippen LogP contribution in [0.1, 0.15) is 39.5 Å². The lowest BCUT2D eigenvalue weighted by molar-refractivity contribution is -0.116. The number of anilines is 1. The zero-order valence-corrected chi connectivity index (χ0v) is 12.5. The van der Waals surface area contributed by atoms with Gasteiger partial charge in [0.15, 0.2) is 0 Å². The smallest absolute Gasteiger partial charge is 0.224 e. The second-order valence-electron chi connectivity index (χ2n) is 5.35. The van der Waals surface area contributed by atoms with Gasteiger partial charge < -0.3 is 15.8 Å². The van der Waals surface area contributed by atoms with Crippen LogP contribution in [0.25, 0.3) is 0 Å². The van der Waals surface area contributed by atoms with Crippen LogP contribution in [0.15, 0.2) is 24.3 Å². The predicted octanol–water partition coefficient (Wildman–Crippen LogP) is 3.18. The first-order valence-electron chi connectivity index (χ1n) is 7.35. The SMILES string of the molecule is CC(C)COc1ccccc1NC(=O)CCCCCN. The topological polar surface area (TPSA) is 64.3 Å². The molecule has 0 aliphatic heterocycles. The molecule has 0 spiro atoms. The number of unbranched alkanes of at least 4 members (excludes halogenated alkanes) is 2. The summed E-state index contributed by atoms with van der Waals surface area (Å²) in [6, 6.07) is 7.55. The van der Waals surface area contributed by atoms with E-state index in [2.05, 4.69) is 19.2 Å². The van der Waals surface area contributed by atoms with Crippen molar-refractivity contribution in [3.8, 4) is 5.75 Å². The molecule has 0 aliphatic rings. The van der Waals surface area contributed by atoms with E-state index in [9.17, 15) is 4.79 Å². The Morgan fingerprint density at radius 1 is 1.25 bits per heavy atom. The average Bonchev–Trinajstić information content (AvgIpc) is 2.42. The Bertz CT molecular complexity index is 405. The lowest BCUT2D eigenvalue weighted by Crippen LogP contribution is -2.13. The van der Waals surface area contributed by atoms with Gasteiger partial charge in [-0.05, 0) is 37.4 Å². The summed E-state index contributed by atoms with van der Waals surface area (Å²) in [7, 11) is 0. The first-order chi connectivity index (χ1) is 9.63. The fourth-order valence-electron chi connectivity index (χ4n) is 1.77. The number of hydrogen-bond donors (Lipinski definition) is 2. The fraction of sp³-hybridized carbons (Fsp3) is 0.562. The van der Waals surface area contributed by atoms with E-state index in [0.29, 0.717) is 25.5 Å². The van der Waals surface area contributed by atoms with Crippen LogP contribution in [0.5, 0.6) is 5.75 Å². The van der Waals surface area contributed by atoms with Gasteiger partial charge >= 0.3 is 0 Å². The Labute approximate surface area is 121 Å². The van der Waals surface area contributed by atoms with Crippen molar-refractivity contribution < 1.29 is 9.53 Å². The molecule has 0 radical (unpaired) electrons. The molecule has 4 nitrogen and oxygen atoms in total. The number of nitrogens with one attached hydrogen (secondary N) is 1. The third-order valence-corrected chi connectivity index (χ3v) is 2.84. The van der Waals surface area contributed by atoms with Crippen molar-refractivity contribution in [2.75, 3.05) is 18.5 Å². The van der Waals surface area contributed by atoms with E-state index in [1.165, 1.54) is 0 Å². The van der Waals surface area contributed by atoms with Crippen molar-refractivity contribution in [2.45, 2.75) is 39.5 Å². The van der Waals surface area contributed by atoms with E-state index < -0.39 is 0 Å². The summed E-state index contributed by atoms with van der Waals surface area (Å²) in [5.41, 5.74) is 6.18. The molecule has 1 aromatic rings. The van der Waals surface area contributed by atoms with Gasteiger partial charge in [-0.2, -0.15) is 0 Å². The predicted molar refractivity (Wildman–Crippen MR) is 82.9 cm³/mol. The maximum Gasteiger partial charge on any atom is 0.224 e. The van der Waals surface area contributed by atoms with E-state index in [1.807, 2.05) is 24.3 Å². The van der Waals surface area contributed by atoms with Crippen LogP contribution in [-0.2, 0) is 4.79 Å². The van der Waals surface area contributed by atoms with Crippen molar-refractivity contribution in [3.05, 3.63) is 24.3 Å². The molecular weight excluding hydrogens is 252 g/mol. The molecule has 1 rings (SSSR count). The molecule has 0 aliphatic carbocycles. The number of hydrogen-bond acceptors (Lipinski definition) is 3. The maximum atomic E-state index is 11.9. The summed E-state index contributed by atoms with van der Waals surface area (Å²) >= 11 is 0. The second kappa shape index (κ2) is 9.37. The Kier molecular flexibility index (Phi) is 7.73. The van der Waals surface area contributed by atoms with Gasteiger partial charge in [0, 0.05) is 6.42 Å². The number of carbonyl (C=O) groups excluding carboxylic acids is 1. The van der Waals surface area contributed by atoms with E-state index in [4.69, 9.17) is 10.5 Å². The number of benzene rings is 1. The lowest BCUT2D eigenvalue weighted by atomic mass is 10.2. The van der Waals surface area contributed by atoms with Crippen molar-refractivity contribution in [3.63, 3.8) is 0 Å². The Morgan fingerprint density at radius 3 is 2.70 bits per heavy atom. The summed E-state index contributed by atoms with van der Waals surface area (Å²) < 4.78 is 5.71. The van der Waals surface area contributed by atoms with Crippen molar-refractivity contribution in [1.82, 2.24) is 0 Å². The quantitative estimate of drug-likeness (QED) is 0.682. The molecule has 0 saturated heterocycles. The zero-order chi connectivity index (χ0) is 14.8. The second-order valence-corrected chi connectivity index (χ2v) is 5.35. The Balaban J connectivity index is 2.47. The van der Waals surface area contributed by atoms with Crippen LogP contribution in [0.4, 0.5) is 5.69 Å². The molecule has 0 unspecified atom stereocenters. The molecule has 112 valence electrons. The Hall–Kier alpha value is -1.55. The van der Waals surface area contributed by atoms with E-state index in [1.54, 1.807) is 0 Å². The van der Waals surface area contributed by atoms with Crippen LogP contribution >= 0.6 is 0 Å². The first kappa shape index (κ1) is 16.5. The molecule has 1 amide bonds. The van der Waals surface area contributed by atoms with Gasteiger partial charge in [-0.25, -0.2) is 0 Å². The highest BCUT2D eigenvalue weighted by Gasteiger charge is 2.07. The zero-order valence-electron chi connectivity index (χ0n) is 12.5. The minimum atomic E-state index is 0.0302. The molecule has 3 N–H and O–H groups in total. The third-order valence-electron chi connectivity index (χ3n) is 2.84. The first-order valence-corrected chi connectivity index (χ1v) is 7.35. The van der Waals surface area contributed by atoms with E-state index >= 15 is 0 Å². The molecule has 0 bridgehead atoms. The van der Waals surface area contributed by atoms with Crippen molar-refractivity contribution in [2.24, 2.45) is 11.7 Å². The van der Waals surface area contributed by atoms with Crippen LogP contribution in [-0.4, -0.2) is 19.1 Å². The third kappa shape index (κ3) is 6.57. The summed E-state index contributed by atoms with van der Waals surface area (Å²) in [4.78, 5) is 11.9. The van der Waals surface area contributed by atoms with E-state index in [0.717, 1.165) is 30.7 Å². The van der Waals surface area contributed by atoms with Gasteiger partial charge in [0.1, 0.15) is 5.75 Å². The van der Waals surface area contributed by atoms with Crippen LogP contribution in [0.2, 0.25) is 0 Å². The molecule has 0 fully saturated rings. The van der Waals surface area contributed by atoms with Gasteiger partial charge in [-0.1, -0.05) is 32.4 Å². The minimum Gasteiger partial charge on any atom is -0.491 e. The number of nitrogens with two attached hydrogens (primary N) is 1. The largest absolute Gasteiger partial charge is 0.491 e. The molecule has 20 heavy (non-hydrogen) atoms. The number of carbonyl (C=O) groups is 1. The highest BCUT2D eigenvalue weighted by molar-refractivity contribution is 5.92. The molecule has 0 heterocycles. The number of rotatable bonds is 9. The van der Waals surface area contributed by atoms with Gasteiger partial charge in [-0.15, -0.1) is 0 Å². The number of para-hydroxylation sites is 2. The number of ether oxygens (including phenoxy) is 1.